The molecule has 0 saturated carbocycles. The van der Waals surface area contributed by atoms with Crippen molar-refractivity contribution in [2.45, 2.75) is 5.03 Å². The molecule has 1 aromatic carbocycles. The van der Waals surface area contributed by atoms with E-state index in [1.54, 1.807) is 25.3 Å². The predicted molar refractivity (Wildman–Crippen MR) is 88.4 cm³/mol. The zero-order valence-corrected chi connectivity index (χ0v) is 13.1. The Kier molecular flexibility index (Phi) is 4.29. The van der Waals surface area contributed by atoms with Gasteiger partial charge in [-0.25, -0.2) is 9.97 Å². The Morgan fingerprint density at radius 1 is 1.43 bits per heavy atom. The first-order valence-corrected chi connectivity index (χ1v) is 7.67. The molecule has 2 aromatic heterocycles. The Morgan fingerprint density at radius 3 is 3.13 bits per heavy atom. The highest BCUT2D eigenvalue weighted by Crippen LogP contribution is 2.24. The SMILES string of the molecule is COc1cccc(NC(=O)CSc2nc(N)nc3nc[nH]c23)c1. The van der Waals surface area contributed by atoms with Gasteiger partial charge >= 0.3 is 0 Å². The molecular weight excluding hydrogens is 316 g/mol. The van der Waals surface area contributed by atoms with E-state index in [1.165, 1.54) is 18.1 Å². The number of hydrogen-bond donors (Lipinski definition) is 3. The number of amides is 1. The number of rotatable bonds is 5. The molecule has 0 aliphatic carbocycles. The number of ether oxygens (including phenoxy) is 1. The van der Waals surface area contributed by atoms with Crippen LogP contribution in [0.3, 0.4) is 0 Å². The number of aromatic amines is 1. The summed E-state index contributed by atoms with van der Waals surface area (Å²) in [5.74, 6) is 0.827. The number of H-pyrrole nitrogens is 1. The topological polar surface area (TPSA) is 119 Å². The van der Waals surface area contributed by atoms with Gasteiger partial charge in [0, 0.05) is 11.8 Å². The summed E-state index contributed by atoms with van der Waals surface area (Å²) < 4.78 is 5.12. The van der Waals surface area contributed by atoms with Crippen molar-refractivity contribution in [3.05, 3.63) is 30.6 Å². The molecular formula is C14H14N6O2S. The fourth-order valence-electron chi connectivity index (χ4n) is 1.96. The first-order chi connectivity index (χ1) is 11.2. The average molecular weight is 330 g/mol. The molecule has 0 spiro atoms. The number of aromatic nitrogens is 4. The van der Waals surface area contributed by atoms with E-state index in [-0.39, 0.29) is 17.6 Å². The number of nitrogens with one attached hydrogen (secondary N) is 2. The maximum atomic E-state index is 12.1. The van der Waals surface area contributed by atoms with Crippen molar-refractivity contribution in [3.8, 4) is 5.75 Å². The van der Waals surface area contributed by atoms with Crippen LogP contribution in [0.25, 0.3) is 11.2 Å². The van der Waals surface area contributed by atoms with Gasteiger partial charge in [0.2, 0.25) is 11.9 Å². The second-order valence-corrected chi connectivity index (χ2v) is 5.52. The molecule has 23 heavy (non-hydrogen) atoms. The molecule has 3 aromatic rings. The molecule has 0 fully saturated rings. The Hall–Kier alpha value is -2.81. The Bertz CT molecular complexity index is 850. The van der Waals surface area contributed by atoms with Crippen LogP contribution in [-0.2, 0) is 4.79 Å². The molecule has 0 unspecified atom stereocenters. The molecule has 0 saturated heterocycles. The average Bonchev–Trinajstić information content (AvgIpc) is 3.01. The first kappa shape index (κ1) is 15.1. The summed E-state index contributed by atoms with van der Waals surface area (Å²) in [6.45, 7) is 0. The van der Waals surface area contributed by atoms with Crippen LogP contribution in [0.5, 0.6) is 5.75 Å². The van der Waals surface area contributed by atoms with Gasteiger partial charge in [-0.05, 0) is 12.1 Å². The number of fused-ring (bicyclic) bond motifs is 1. The normalized spacial score (nSPS) is 10.7. The molecule has 3 rings (SSSR count). The monoisotopic (exact) mass is 330 g/mol. The highest BCUT2D eigenvalue weighted by atomic mass is 32.2. The number of nitrogens with zero attached hydrogens (tertiary/aromatic N) is 3. The van der Waals surface area contributed by atoms with Crippen LogP contribution < -0.4 is 15.8 Å². The van der Waals surface area contributed by atoms with Crippen molar-refractivity contribution in [2.75, 3.05) is 23.9 Å². The number of hydrogen-bond acceptors (Lipinski definition) is 7. The summed E-state index contributed by atoms with van der Waals surface area (Å²) in [6.07, 6.45) is 1.51. The quantitative estimate of drug-likeness (QED) is 0.481. The van der Waals surface area contributed by atoms with Gasteiger partial charge < -0.3 is 20.8 Å². The number of anilines is 2. The van der Waals surface area contributed by atoms with Crippen LogP contribution in [0.15, 0.2) is 35.6 Å². The molecule has 8 nitrogen and oxygen atoms in total. The van der Waals surface area contributed by atoms with E-state index in [4.69, 9.17) is 10.5 Å². The van der Waals surface area contributed by atoms with Crippen LogP contribution in [0.2, 0.25) is 0 Å². The number of nitrogen functional groups attached to an aromatic ring is 1. The minimum Gasteiger partial charge on any atom is -0.497 e. The summed E-state index contributed by atoms with van der Waals surface area (Å²) in [7, 11) is 1.58. The lowest BCUT2D eigenvalue weighted by Crippen LogP contribution is -2.14. The van der Waals surface area contributed by atoms with Gasteiger partial charge in [0.25, 0.3) is 0 Å². The molecule has 4 N–H and O–H groups in total. The Balaban J connectivity index is 1.67. The van der Waals surface area contributed by atoms with E-state index in [1.807, 2.05) is 6.07 Å². The summed E-state index contributed by atoms with van der Waals surface area (Å²) >= 11 is 1.26. The smallest absolute Gasteiger partial charge is 0.234 e. The van der Waals surface area contributed by atoms with E-state index in [9.17, 15) is 4.79 Å². The predicted octanol–water partition coefficient (Wildman–Crippen LogP) is 1.67. The standard InChI is InChI=1S/C14H14N6O2S/c1-22-9-4-2-3-8(5-9)18-10(21)6-23-13-11-12(17-7-16-11)19-14(15)20-13/h2-5,7H,6H2,1H3,(H,18,21)(H3,15,16,17,19,20). The maximum Gasteiger partial charge on any atom is 0.234 e. The van der Waals surface area contributed by atoms with Gasteiger partial charge in [-0.15, -0.1) is 0 Å². The van der Waals surface area contributed by atoms with Crippen molar-refractivity contribution in [1.82, 2.24) is 19.9 Å². The highest BCUT2D eigenvalue weighted by molar-refractivity contribution is 8.00. The maximum absolute atomic E-state index is 12.1. The third kappa shape index (κ3) is 3.51. The number of imidazole rings is 1. The molecule has 0 aliphatic heterocycles. The number of carbonyl (C=O) groups is 1. The van der Waals surface area contributed by atoms with Crippen molar-refractivity contribution < 1.29 is 9.53 Å². The minimum absolute atomic E-state index is 0.125. The van der Waals surface area contributed by atoms with E-state index in [0.717, 1.165) is 0 Å². The number of thioether (sulfide) groups is 1. The lowest BCUT2D eigenvalue weighted by Gasteiger charge is -2.07. The van der Waals surface area contributed by atoms with E-state index in [0.29, 0.717) is 27.6 Å². The summed E-state index contributed by atoms with van der Waals surface area (Å²) in [6, 6.07) is 7.16. The lowest BCUT2D eigenvalue weighted by atomic mass is 10.3. The van der Waals surface area contributed by atoms with Gasteiger partial charge in [-0.1, -0.05) is 17.8 Å². The minimum atomic E-state index is -0.159. The van der Waals surface area contributed by atoms with Gasteiger partial charge in [0.1, 0.15) is 16.3 Å². The third-order valence-corrected chi connectivity index (χ3v) is 3.94. The molecule has 2 heterocycles. The van der Waals surface area contributed by atoms with E-state index < -0.39 is 0 Å². The van der Waals surface area contributed by atoms with Crippen LogP contribution in [0.1, 0.15) is 0 Å². The zero-order chi connectivity index (χ0) is 16.2. The van der Waals surface area contributed by atoms with Crippen LogP contribution in [-0.4, -0.2) is 38.7 Å². The van der Waals surface area contributed by atoms with Gasteiger partial charge in [-0.2, -0.15) is 4.98 Å². The van der Waals surface area contributed by atoms with E-state index in [2.05, 4.69) is 25.3 Å². The summed E-state index contributed by atoms with van der Waals surface area (Å²) in [5.41, 5.74) is 7.46. The molecule has 0 aliphatic rings. The summed E-state index contributed by atoms with van der Waals surface area (Å²) in [4.78, 5) is 27.2. The number of carbonyl (C=O) groups excluding carboxylic acids is 1. The molecule has 1 amide bonds. The molecule has 0 radical (unpaired) electrons. The number of methoxy groups -OCH3 is 1. The fourth-order valence-corrected chi connectivity index (χ4v) is 2.75. The van der Waals surface area contributed by atoms with Crippen molar-refractivity contribution in [1.29, 1.82) is 0 Å². The molecule has 9 heteroatoms. The second-order valence-electron chi connectivity index (χ2n) is 4.56. The zero-order valence-electron chi connectivity index (χ0n) is 12.2. The Morgan fingerprint density at radius 2 is 2.30 bits per heavy atom. The lowest BCUT2D eigenvalue weighted by molar-refractivity contribution is -0.113. The molecule has 0 atom stereocenters. The van der Waals surface area contributed by atoms with Crippen LogP contribution in [0.4, 0.5) is 11.6 Å². The Labute approximate surface area is 135 Å². The number of nitrogens with two attached hydrogens (primary N) is 1. The summed E-state index contributed by atoms with van der Waals surface area (Å²) in [5, 5.41) is 3.39. The third-order valence-electron chi connectivity index (χ3n) is 2.96. The van der Waals surface area contributed by atoms with Crippen molar-refractivity contribution in [3.63, 3.8) is 0 Å². The van der Waals surface area contributed by atoms with Crippen LogP contribution in [0, 0.1) is 0 Å². The number of benzene rings is 1. The molecule has 0 bridgehead atoms. The van der Waals surface area contributed by atoms with Gasteiger partial charge in [0.15, 0.2) is 5.65 Å². The van der Waals surface area contributed by atoms with Crippen molar-refractivity contribution in [2.24, 2.45) is 0 Å². The van der Waals surface area contributed by atoms with Crippen molar-refractivity contribution >= 4 is 40.5 Å². The second kappa shape index (κ2) is 6.53. The fraction of sp³-hybridized carbons (Fsp3) is 0.143. The van der Waals surface area contributed by atoms with Gasteiger partial charge in [-0.3, -0.25) is 4.79 Å². The van der Waals surface area contributed by atoms with Crippen LogP contribution >= 0.6 is 11.8 Å². The first-order valence-electron chi connectivity index (χ1n) is 6.69. The largest absolute Gasteiger partial charge is 0.497 e. The molecule has 118 valence electrons. The van der Waals surface area contributed by atoms with E-state index >= 15 is 0 Å². The highest BCUT2D eigenvalue weighted by Gasteiger charge is 2.11. The van der Waals surface area contributed by atoms with Gasteiger partial charge in [0.05, 0.1) is 19.2 Å².